The highest BCUT2D eigenvalue weighted by atomic mass is 127. The lowest BCUT2D eigenvalue weighted by atomic mass is 10.3. The quantitative estimate of drug-likeness (QED) is 0.636. The molecule has 1 aromatic carbocycles. The van der Waals surface area contributed by atoms with Gasteiger partial charge in [0.25, 0.3) is 0 Å². The summed E-state index contributed by atoms with van der Waals surface area (Å²) in [5.74, 6) is 1.51. The van der Waals surface area contributed by atoms with Gasteiger partial charge < -0.3 is 5.32 Å². The van der Waals surface area contributed by atoms with Gasteiger partial charge in [0.15, 0.2) is 0 Å². The Hall–Kier alpha value is -0.880. The van der Waals surface area contributed by atoms with Gasteiger partial charge >= 0.3 is 0 Å². The van der Waals surface area contributed by atoms with Gasteiger partial charge in [0, 0.05) is 21.7 Å². The zero-order valence-electron chi connectivity index (χ0n) is 9.95. The second-order valence-corrected chi connectivity index (χ2v) is 5.51. The van der Waals surface area contributed by atoms with Crippen LogP contribution in [-0.2, 0) is 6.42 Å². The number of hydrogen-bond donors (Lipinski definition) is 1. The van der Waals surface area contributed by atoms with Crippen molar-refractivity contribution in [2.75, 3.05) is 5.32 Å². The van der Waals surface area contributed by atoms with Crippen LogP contribution in [0.5, 0.6) is 0 Å². The molecule has 2 rings (SSSR count). The highest BCUT2D eigenvalue weighted by Gasteiger charge is 2.03. The summed E-state index contributed by atoms with van der Waals surface area (Å²) in [6, 6.07) is 9.84. The third-order valence-electron chi connectivity index (χ3n) is 2.33. The van der Waals surface area contributed by atoms with E-state index in [1.807, 2.05) is 24.3 Å². The predicted molar refractivity (Wildman–Crippen MR) is 83.5 cm³/mol. The highest BCUT2D eigenvalue weighted by Crippen LogP contribution is 2.19. The summed E-state index contributed by atoms with van der Waals surface area (Å²) in [6.45, 7) is 2.09. The molecule has 0 saturated carbocycles. The van der Waals surface area contributed by atoms with Gasteiger partial charge in [0.05, 0.1) is 0 Å². The molecule has 2 aromatic rings. The normalized spacial score (nSPS) is 10.4. The number of benzene rings is 1. The first kappa shape index (κ1) is 13.5. The van der Waals surface area contributed by atoms with E-state index in [0.29, 0.717) is 5.15 Å². The van der Waals surface area contributed by atoms with E-state index in [0.717, 1.165) is 30.2 Å². The van der Waals surface area contributed by atoms with Crippen LogP contribution >= 0.6 is 34.2 Å². The summed E-state index contributed by atoms with van der Waals surface area (Å²) in [5, 5.41) is 3.71. The number of aryl methyl sites for hydroxylation is 1. The van der Waals surface area contributed by atoms with E-state index in [4.69, 9.17) is 11.6 Å². The Bertz CT molecular complexity index is 528. The van der Waals surface area contributed by atoms with E-state index in [2.05, 4.69) is 44.8 Å². The van der Waals surface area contributed by atoms with Crippen molar-refractivity contribution in [2.45, 2.75) is 19.8 Å². The molecule has 0 bridgehead atoms. The molecule has 1 N–H and O–H groups in total. The van der Waals surface area contributed by atoms with Gasteiger partial charge in [0.1, 0.15) is 16.8 Å². The molecule has 0 radical (unpaired) electrons. The molecule has 1 aromatic heterocycles. The number of hydrogen-bond acceptors (Lipinski definition) is 3. The SMILES string of the molecule is CCCc1nc(Cl)cc(Nc2ccc(I)cc2)n1. The van der Waals surface area contributed by atoms with Crippen LogP contribution in [0.2, 0.25) is 5.15 Å². The minimum absolute atomic E-state index is 0.474. The van der Waals surface area contributed by atoms with Gasteiger partial charge in [-0.3, -0.25) is 0 Å². The summed E-state index contributed by atoms with van der Waals surface area (Å²) in [4.78, 5) is 8.62. The van der Waals surface area contributed by atoms with Crippen molar-refractivity contribution in [1.82, 2.24) is 9.97 Å². The molecule has 0 aliphatic heterocycles. The highest BCUT2D eigenvalue weighted by molar-refractivity contribution is 14.1. The van der Waals surface area contributed by atoms with Crippen molar-refractivity contribution in [3.05, 3.63) is 44.9 Å². The van der Waals surface area contributed by atoms with Crippen molar-refractivity contribution < 1.29 is 0 Å². The van der Waals surface area contributed by atoms with Crippen LogP contribution in [0.1, 0.15) is 19.2 Å². The summed E-state index contributed by atoms with van der Waals surface area (Å²) in [6.07, 6.45) is 1.84. The third-order valence-corrected chi connectivity index (χ3v) is 3.24. The van der Waals surface area contributed by atoms with Crippen molar-refractivity contribution in [3.63, 3.8) is 0 Å². The largest absolute Gasteiger partial charge is 0.340 e. The molecule has 0 saturated heterocycles. The molecule has 5 heteroatoms. The fraction of sp³-hybridized carbons (Fsp3) is 0.231. The van der Waals surface area contributed by atoms with Crippen molar-refractivity contribution in [2.24, 2.45) is 0 Å². The summed E-state index contributed by atoms with van der Waals surface area (Å²) in [7, 11) is 0. The van der Waals surface area contributed by atoms with Gasteiger partial charge in [0.2, 0.25) is 0 Å². The number of rotatable bonds is 4. The Morgan fingerprint density at radius 1 is 1.22 bits per heavy atom. The van der Waals surface area contributed by atoms with Crippen LogP contribution in [0.15, 0.2) is 30.3 Å². The molecule has 3 nitrogen and oxygen atoms in total. The number of aromatic nitrogens is 2. The fourth-order valence-corrected chi connectivity index (χ4v) is 2.11. The average Bonchev–Trinajstić information content (AvgIpc) is 2.32. The van der Waals surface area contributed by atoms with Crippen LogP contribution < -0.4 is 5.32 Å². The first-order valence-corrected chi connectivity index (χ1v) is 7.19. The van der Waals surface area contributed by atoms with E-state index in [9.17, 15) is 0 Å². The number of anilines is 2. The molecule has 0 unspecified atom stereocenters. The molecule has 18 heavy (non-hydrogen) atoms. The summed E-state index contributed by atoms with van der Waals surface area (Å²) >= 11 is 8.26. The lowest BCUT2D eigenvalue weighted by Crippen LogP contribution is -2.00. The molecule has 0 fully saturated rings. The Morgan fingerprint density at radius 2 is 1.94 bits per heavy atom. The Morgan fingerprint density at radius 3 is 2.61 bits per heavy atom. The molecule has 0 atom stereocenters. The number of halogens is 2. The minimum Gasteiger partial charge on any atom is -0.340 e. The van der Waals surface area contributed by atoms with Crippen LogP contribution in [0.25, 0.3) is 0 Å². The Kier molecular flexibility index (Phi) is 4.77. The van der Waals surface area contributed by atoms with Crippen molar-refractivity contribution in [3.8, 4) is 0 Å². The van der Waals surface area contributed by atoms with Gasteiger partial charge in [-0.1, -0.05) is 18.5 Å². The second-order valence-electron chi connectivity index (χ2n) is 3.87. The van der Waals surface area contributed by atoms with Crippen molar-refractivity contribution in [1.29, 1.82) is 0 Å². The maximum atomic E-state index is 5.98. The van der Waals surface area contributed by atoms with Crippen LogP contribution in [0.4, 0.5) is 11.5 Å². The molecule has 0 spiro atoms. The molecule has 0 aliphatic rings. The smallest absolute Gasteiger partial charge is 0.135 e. The van der Waals surface area contributed by atoms with E-state index >= 15 is 0 Å². The van der Waals surface area contributed by atoms with Crippen molar-refractivity contribution >= 4 is 45.7 Å². The van der Waals surface area contributed by atoms with E-state index in [1.54, 1.807) is 6.07 Å². The fourth-order valence-electron chi connectivity index (χ4n) is 1.55. The van der Waals surface area contributed by atoms with Gasteiger partial charge in [-0.05, 0) is 53.3 Å². The van der Waals surface area contributed by atoms with Crippen LogP contribution in [0, 0.1) is 3.57 Å². The Labute approximate surface area is 125 Å². The molecule has 0 amide bonds. The second kappa shape index (κ2) is 6.33. The number of nitrogens with zero attached hydrogens (tertiary/aromatic N) is 2. The number of nitrogens with one attached hydrogen (secondary N) is 1. The lowest BCUT2D eigenvalue weighted by molar-refractivity contribution is 0.837. The topological polar surface area (TPSA) is 37.8 Å². The maximum absolute atomic E-state index is 5.98. The van der Waals surface area contributed by atoms with Crippen LogP contribution in [-0.4, -0.2) is 9.97 Å². The Balaban J connectivity index is 2.20. The minimum atomic E-state index is 0.474. The van der Waals surface area contributed by atoms with Gasteiger partial charge in [-0.25, -0.2) is 9.97 Å². The molecular weight excluding hydrogens is 361 g/mol. The summed E-state index contributed by atoms with van der Waals surface area (Å²) in [5.41, 5.74) is 0.993. The zero-order chi connectivity index (χ0) is 13.0. The molecule has 1 heterocycles. The zero-order valence-corrected chi connectivity index (χ0v) is 12.9. The van der Waals surface area contributed by atoms with Gasteiger partial charge in [-0.2, -0.15) is 0 Å². The average molecular weight is 374 g/mol. The molecule has 0 aliphatic carbocycles. The van der Waals surface area contributed by atoms with Crippen LogP contribution in [0.3, 0.4) is 0 Å². The molecule has 94 valence electrons. The monoisotopic (exact) mass is 373 g/mol. The van der Waals surface area contributed by atoms with E-state index < -0.39 is 0 Å². The lowest BCUT2D eigenvalue weighted by Gasteiger charge is -2.07. The van der Waals surface area contributed by atoms with E-state index in [-0.39, 0.29) is 0 Å². The van der Waals surface area contributed by atoms with E-state index in [1.165, 1.54) is 3.57 Å². The first-order chi connectivity index (χ1) is 8.67. The third kappa shape index (κ3) is 3.81. The molecular formula is C13H13ClIN3. The maximum Gasteiger partial charge on any atom is 0.135 e. The predicted octanol–water partition coefficient (Wildman–Crippen LogP) is 4.43. The standard InChI is InChI=1S/C13H13ClIN3/c1-2-3-12-17-11(14)8-13(18-12)16-10-6-4-9(15)5-7-10/h4-8H,2-3H2,1H3,(H,16,17,18). The first-order valence-electron chi connectivity index (χ1n) is 5.73. The summed E-state index contributed by atoms with van der Waals surface area (Å²) < 4.78 is 1.20. The van der Waals surface area contributed by atoms with Gasteiger partial charge in [-0.15, -0.1) is 0 Å².